The smallest absolute Gasteiger partial charge is 0.00413 e. The van der Waals surface area contributed by atoms with Crippen LogP contribution >= 0.6 is 12.6 Å². The molecule has 0 saturated carbocycles. The van der Waals surface area contributed by atoms with Gasteiger partial charge in [-0.25, -0.2) is 0 Å². The zero-order valence-corrected chi connectivity index (χ0v) is 11.7. The first-order valence-corrected chi connectivity index (χ1v) is 4.40. The molecule has 2 atom stereocenters. The monoisotopic (exact) mass is 263 g/mol. The van der Waals surface area contributed by atoms with Crippen molar-refractivity contribution in [2.45, 2.75) is 19.4 Å². The van der Waals surface area contributed by atoms with E-state index in [0.29, 0.717) is 11.8 Å². The van der Waals surface area contributed by atoms with Gasteiger partial charge in [0.15, 0.2) is 0 Å². The molecule has 2 unspecified atom stereocenters. The predicted molar refractivity (Wildman–Crippen MR) is 50.8 cm³/mol. The molecule has 0 aliphatic carbocycles. The molecule has 0 bridgehead atoms. The third-order valence-electron chi connectivity index (χ3n) is 1.89. The Bertz CT molecular complexity index is 122. The quantitative estimate of drug-likeness (QED) is 0.589. The maximum Gasteiger partial charge on any atom is 0.00413 e. The van der Waals surface area contributed by atoms with Crippen molar-refractivity contribution < 1.29 is 37.5 Å². The van der Waals surface area contributed by atoms with E-state index < -0.39 is 0 Å². The van der Waals surface area contributed by atoms with Crippen molar-refractivity contribution >= 4 is 18.9 Å². The van der Waals surface area contributed by atoms with Crippen LogP contribution in [0.2, 0.25) is 0 Å². The maximum atomic E-state index is 10.3. The van der Waals surface area contributed by atoms with E-state index in [1.54, 1.807) is 0 Å². The molecule has 12 heavy (non-hydrogen) atoms. The van der Waals surface area contributed by atoms with Crippen molar-refractivity contribution in [3.8, 4) is 0 Å². The molecular formula is C8H16NOSY-. The Morgan fingerprint density at radius 3 is 2.25 bits per heavy atom. The van der Waals surface area contributed by atoms with Crippen molar-refractivity contribution in [3.05, 3.63) is 0 Å². The Labute approximate surface area is 106 Å². The summed E-state index contributed by atoms with van der Waals surface area (Å²) in [4.78, 5) is 12.4. The van der Waals surface area contributed by atoms with Crippen LogP contribution in [0, 0.1) is 5.92 Å². The fourth-order valence-corrected chi connectivity index (χ4v) is 1.01. The van der Waals surface area contributed by atoms with Gasteiger partial charge in [-0.15, -0.1) is 5.92 Å². The van der Waals surface area contributed by atoms with Gasteiger partial charge >= 0.3 is 0 Å². The molecule has 0 aliphatic rings. The molecule has 2 nitrogen and oxygen atoms in total. The molecule has 0 N–H and O–H groups in total. The van der Waals surface area contributed by atoms with Crippen molar-refractivity contribution in [1.82, 2.24) is 4.90 Å². The SMILES string of the molecule is CC(CC([C-]=O)CS)N(C)C.[Y]. The Balaban J connectivity index is 0. The molecule has 0 aromatic rings. The Hall–Kier alpha value is 1.08. The number of thiol groups is 1. The number of carbonyl (C=O) groups excluding carboxylic acids is 1. The minimum Gasteiger partial charge on any atom is -0.541 e. The molecule has 0 rings (SSSR count). The molecule has 69 valence electrons. The van der Waals surface area contributed by atoms with Crippen LogP contribution < -0.4 is 0 Å². The summed E-state index contributed by atoms with van der Waals surface area (Å²) in [5.41, 5.74) is 0. The molecule has 0 amide bonds. The van der Waals surface area contributed by atoms with E-state index in [9.17, 15) is 4.79 Å². The van der Waals surface area contributed by atoms with E-state index in [-0.39, 0.29) is 38.6 Å². The summed E-state index contributed by atoms with van der Waals surface area (Å²) < 4.78 is 0. The van der Waals surface area contributed by atoms with Gasteiger partial charge in [0.1, 0.15) is 0 Å². The third kappa shape index (κ3) is 6.58. The predicted octanol–water partition coefficient (Wildman–Crippen LogP) is 0.980. The van der Waals surface area contributed by atoms with Crippen LogP contribution in [0.1, 0.15) is 13.3 Å². The second-order valence-corrected chi connectivity index (χ2v) is 3.41. The fraction of sp³-hybridized carbons (Fsp3) is 0.875. The zero-order valence-electron chi connectivity index (χ0n) is 7.95. The van der Waals surface area contributed by atoms with E-state index >= 15 is 0 Å². The zero-order chi connectivity index (χ0) is 8.85. The van der Waals surface area contributed by atoms with Crippen LogP contribution in [0.3, 0.4) is 0 Å². The maximum absolute atomic E-state index is 10.3. The summed E-state index contributed by atoms with van der Waals surface area (Å²) in [6.45, 7) is 2.09. The first kappa shape index (κ1) is 15.6. The molecule has 4 heteroatoms. The van der Waals surface area contributed by atoms with Crippen LogP contribution in [0.25, 0.3) is 0 Å². The van der Waals surface area contributed by atoms with Gasteiger partial charge in [0.05, 0.1) is 0 Å². The van der Waals surface area contributed by atoms with E-state index in [1.807, 2.05) is 20.4 Å². The van der Waals surface area contributed by atoms with Crippen molar-refractivity contribution in [2.75, 3.05) is 19.8 Å². The van der Waals surface area contributed by atoms with Crippen molar-refractivity contribution in [2.24, 2.45) is 5.92 Å². The number of hydrogen-bond acceptors (Lipinski definition) is 3. The summed E-state index contributed by atoms with van der Waals surface area (Å²) in [7, 11) is 4.01. The summed E-state index contributed by atoms with van der Waals surface area (Å²) in [5, 5.41) is 0. The molecule has 1 radical (unpaired) electrons. The summed E-state index contributed by atoms with van der Waals surface area (Å²) in [6.07, 6.45) is 2.83. The van der Waals surface area contributed by atoms with Gasteiger partial charge in [-0.1, -0.05) is 6.42 Å². The standard InChI is InChI=1S/C8H16NOS.Y/c1-7(9(2)3)4-8(5-10)6-11;/h7-8,11H,4,6H2,1-3H3;/q-1;. The number of nitrogens with zero attached hydrogens (tertiary/aromatic N) is 1. The van der Waals surface area contributed by atoms with E-state index in [1.165, 1.54) is 0 Å². The number of hydrogen-bond donors (Lipinski definition) is 1. The van der Waals surface area contributed by atoms with Crippen LogP contribution in [0.5, 0.6) is 0 Å². The Morgan fingerprint density at radius 2 is 2.00 bits per heavy atom. The third-order valence-corrected chi connectivity index (χ3v) is 2.34. The van der Waals surface area contributed by atoms with Gasteiger partial charge in [-0.2, -0.15) is 12.6 Å². The molecule has 0 spiro atoms. The topological polar surface area (TPSA) is 20.3 Å². The average molecular weight is 263 g/mol. The average Bonchev–Trinajstić information content (AvgIpc) is 1.99. The van der Waals surface area contributed by atoms with Crippen LogP contribution in [-0.4, -0.2) is 37.1 Å². The van der Waals surface area contributed by atoms with E-state index in [2.05, 4.69) is 24.5 Å². The van der Waals surface area contributed by atoms with Crippen molar-refractivity contribution in [3.63, 3.8) is 0 Å². The first-order valence-electron chi connectivity index (χ1n) is 3.76. The van der Waals surface area contributed by atoms with E-state index in [4.69, 9.17) is 0 Å². The van der Waals surface area contributed by atoms with Crippen LogP contribution in [0.15, 0.2) is 0 Å². The molecule has 0 saturated heterocycles. The normalized spacial score (nSPS) is 15.1. The minimum absolute atomic E-state index is 0. The summed E-state index contributed by atoms with van der Waals surface area (Å²) in [5.74, 6) is 0.581. The fourth-order valence-electron chi connectivity index (χ4n) is 0.782. The molecular weight excluding hydrogens is 247 g/mol. The van der Waals surface area contributed by atoms with Crippen LogP contribution in [-0.2, 0) is 37.5 Å². The van der Waals surface area contributed by atoms with Gasteiger partial charge in [0.25, 0.3) is 0 Å². The largest absolute Gasteiger partial charge is 0.541 e. The minimum atomic E-state index is -0.0178. The number of rotatable bonds is 5. The summed E-state index contributed by atoms with van der Waals surface area (Å²) in [6, 6.07) is 0.425. The first-order chi connectivity index (χ1) is 5.11. The molecule has 0 aliphatic heterocycles. The second kappa shape index (κ2) is 8.67. The van der Waals surface area contributed by atoms with Crippen LogP contribution in [0.4, 0.5) is 0 Å². The Morgan fingerprint density at radius 1 is 1.50 bits per heavy atom. The van der Waals surface area contributed by atoms with Gasteiger partial charge in [0, 0.05) is 38.8 Å². The van der Waals surface area contributed by atoms with Gasteiger partial charge < -0.3 is 9.69 Å². The molecule has 0 heterocycles. The van der Waals surface area contributed by atoms with Crippen molar-refractivity contribution in [1.29, 1.82) is 0 Å². The van der Waals surface area contributed by atoms with E-state index in [0.717, 1.165) is 6.42 Å². The molecule has 0 fully saturated rings. The Kier molecular flexibility index (Phi) is 11.2. The summed E-state index contributed by atoms with van der Waals surface area (Å²) >= 11 is 4.06. The molecule has 0 aromatic heterocycles. The second-order valence-electron chi connectivity index (χ2n) is 3.05. The van der Waals surface area contributed by atoms with Gasteiger partial charge in [-0.3, -0.25) is 6.29 Å². The van der Waals surface area contributed by atoms with Gasteiger partial charge in [-0.05, 0) is 26.8 Å². The molecule has 0 aromatic carbocycles. The van der Waals surface area contributed by atoms with Gasteiger partial charge in [0.2, 0.25) is 0 Å².